The molecule has 0 saturated carbocycles. The van der Waals surface area contributed by atoms with Crippen molar-refractivity contribution in [3.05, 3.63) is 68.4 Å². The highest BCUT2D eigenvalue weighted by molar-refractivity contribution is 9.10. The molecule has 0 fully saturated rings. The number of hydrogen-bond donors (Lipinski definition) is 0. The van der Waals surface area contributed by atoms with E-state index in [4.69, 9.17) is 0 Å². The molecule has 2 rings (SSSR count). The lowest BCUT2D eigenvalue weighted by molar-refractivity contribution is 0.103. The fourth-order valence-electron chi connectivity index (χ4n) is 2.03. The Morgan fingerprint density at radius 1 is 1.00 bits per heavy atom. The predicted octanol–water partition coefficient (Wildman–Crippen LogP) is 4.74. The maximum atomic E-state index is 13.5. The van der Waals surface area contributed by atoms with Crippen molar-refractivity contribution in [1.29, 1.82) is 0 Å². The fraction of sp³-hybridized carbons (Fsp3) is 0.188. The maximum absolute atomic E-state index is 13.5. The first-order valence-corrected chi connectivity index (χ1v) is 6.77. The van der Waals surface area contributed by atoms with E-state index in [1.807, 2.05) is 32.9 Å². The number of benzene rings is 2. The normalized spacial score (nSPS) is 10.6. The van der Waals surface area contributed by atoms with Crippen LogP contribution in [-0.2, 0) is 0 Å². The average Bonchev–Trinajstić information content (AvgIpc) is 2.36. The molecule has 2 aromatic rings. The topological polar surface area (TPSA) is 17.1 Å². The molecule has 0 unspecified atom stereocenters. The van der Waals surface area contributed by atoms with Crippen LogP contribution in [-0.4, -0.2) is 5.78 Å². The summed E-state index contributed by atoms with van der Waals surface area (Å²) in [6.45, 7) is 5.87. The Morgan fingerprint density at radius 2 is 1.63 bits per heavy atom. The van der Waals surface area contributed by atoms with Crippen LogP contribution in [0.25, 0.3) is 0 Å². The average molecular weight is 321 g/mol. The summed E-state index contributed by atoms with van der Waals surface area (Å²) in [4.78, 5) is 12.5. The van der Waals surface area contributed by atoms with Crippen LogP contribution < -0.4 is 0 Å². The molecule has 19 heavy (non-hydrogen) atoms. The van der Waals surface area contributed by atoms with Crippen LogP contribution in [0.4, 0.5) is 4.39 Å². The largest absolute Gasteiger partial charge is 0.289 e. The van der Waals surface area contributed by atoms with E-state index in [1.165, 1.54) is 6.07 Å². The minimum atomic E-state index is -0.424. The molecule has 0 saturated heterocycles. The number of ketones is 1. The van der Waals surface area contributed by atoms with Crippen LogP contribution in [0.5, 0.6) is 0 Å². The first kappa shape index (κ1) is 13.9. The zero-order chi connectivity index (χ0) is 14.2. The number of hydrogen-bond acceptors (Lipinski definition) is 1. The Kier molecular flexibility index (Phi) is 3.85. The molecule has 0 atom stereocenters. The lowest BCUT2D eigenvalue weighted by atomic mass is 9.95. The van der Waals surface area contributed by atoms with Crippen molar-refractivity contribution in [2.24, 2.45) is 0 Å². The van der Waals surface area contributed by atoms with Gasteiger partial charge in [0, 0.05) is 11.1 Å². The van der Waals surface area contributed by atoms with Gasteiger partial charge in [-0.3, -0.25) is 4.79 Å². The summed E-state index contributed by atoms with van der Waals surface area (Å²) in [5.74, 6) is -0.584. The van der Waals surface area contributed by atoms with Gasteiger partial charge in [0.25, 0.3) is 0 Å². The van der Waals surface area contributed by atoms with Crippen LogP contribution in [0.1, 0.15) is 32.6 Å². The van der Waals surface area contributed by atoms with Gasteiger partial charge in [0.2, 0.25) is 0 Å². The number of halogens is 2. The van der Waals surface area contributed by atoms with E-state index in [1.54, 1.807) is 12.1 Å². The highest BCUT2D eigenvalue weighted by Crippen LogP contribution is 2.25. The molecule has 1 nitrogen and oxygen atoms in total. The number of carbonyl (C=O) groups is 1. The molecule has 0 radical (unpaired) electrons. The van der Waals surface area contributed by atoms with Gasteiger partial charge in [-0.15, -0.1) is 0 Å². The molecule has 0 N–H and O–H groups in total. The van der Waals surface area contributed by atoms with Gasteiger partial charge in [0.1, 0.15) is 5.82 Å². The van der Waals surface area contributed by atoms with Crippen molar-refractivity contribution < 1.29 is 9.18 Å². The van der Waals surface area contributed by atoms with Gasteiger partial charge in [0.05, 0.1) is 4.47 Å². The van der Waals surface area contributed by atoms with Crippen molar-refractivity contribution >= 4 is 21.7 Å². The molecule has 98 valence electrons. The molecule has 0 amide bonds. The van der Waals surface area contributed by atoms with Crippen LogP contribution in [0.3, 0.4) is 0 Å². The Balaban J connectivity index is 2.56. The van der Waals surface area contributed by atoms with Crippen LogP contribution >= 0.6 is 15.9 Å². The molecule has 2 aromatic carbocycles. The van der Waals surface area contributed by atoms with Crippen molar-refractivity contribution in [3.8, 4) is 0 Å². The second-order valence-electron chi connectivity index (χ2n) is 4.68. The fourth-order valence-corrected chi connectivity index (χ4v) is 2.47. The second-order valence-corrected chi connectivity index (χ2v) is 5.47. The van der Waals surface area contributed by atoms with E-state index >= 15 is 0 Å². The molecular weight excluding hydrogens is 307 g/mol. The van der Waals surface area contributed by atoms with E-state index in [-0.39, 0.29) is 10.3 Å². The minimum absolute atomic E-state index is 0.160. The summed E-state index contributed by atoms with van der Waals surface area (Å²) in [7, 11) is 0. The predicted molar refractivity (Wildman–Crippen MR) is 78.2 cm³/mol. The van der Waals surface area contributed by atoms with Gasteiger partial charge in [-0.05, 0) is 71.6 Å². The summed E-state index contributed by atoms with van der Waals surface area (Å²) in [5, 5.41) is 0. The van der Waals surface area contributed by atoms with Gasteiger partial charge >= 0.3 is 0 Å². The molecule has 0 aromatic heterocycles. The number of aryl methyl sites for hydroxylation is 3. The maximum Gasteiger partial charge on any atom is 0.194 e. The van der Waals surface area contributed by atoms with Gasteiger partial charge < -0.3 is 0 Å². The smallest absolute Gasteiger partial charge is 0.194 e. The SMILES string of the molecule is Cc1cc(C)c(C(=O)c2cccc(F)c2Br)cc1C. The van der Waals surface area contributed by atoms with Crippen molar-refractivity contribution in [1.82, 2.24) is 0 Å². The molecule has 0 aliphatic heterocycles. The van der Waals surface area contributed by atoms with E-state index < -0.39 is 5.82 Å². The standard InChI is InChI=1S/C16H14BrFO/c1-9-7-11(3)13(8-10(9)2)16(19)12-5-4-6-14(18)15(12)17/h4-8H,1-3H3. The Labute approximate surface area is 120 Å². The lowest BCUT2D eigenvalue weighted by Gasteiger charge is -2.10. The van der Waals surface area contributed by atoms with E-state index in [0.29, 0.717) is 11.1 Å². The van der Waals surface area contributed by atoms with Crippen LogP contribution in [0, 0.1) is 26.6 Å². The minimum Gasteiger partial charge on any atom is -0.289 e. The quantitative estimate of drug-likeness (QED) is 0.730. The lowest BCUT2D eigenvalue weighted by Crippen LogP contribution is -2.06. The summed E-state index contributed by atoms with van der Waals surface area (Å²) in [6, 6.07) is 8.35. The monoisotopic (exact) mass is 320 g/mol. The molecule has 0 aliphatic carbocycles. The van der Waals surface area contributed by atoms with Crippen molar-refractivity contribution in [3.63, 3.8) is 0 Å². The van der Waals surface area contributed by atoms with E-state index in [9.17, 15) is 9.18 Å². The van der Waals surface area contributed by atoms with Gasteiger partial charge in [-0.1, -0.05) is 12.1 Å². The van der Waals surface area contributed by atoms with Crippen LogP contribution in [0.15, 0.2) is 34.8 Å². The Morgan fingerprint density at radius 3 is 2.32 bits per heavy atom. The summed E-state index contributed by atoms with van der Waals surface area (Å²) >= 11 is 3.14. The van der Waals surface area contributed by atoms with Gasteiger partial charge in [-0.25, -0.2) is 4.39 Å². The van der Waals surface area contributed by atoms with E-state index in [0.717, 1.165) is 16.7 Å². The molecule has 0 bridgehead atoms. The third-order valence-corrected chi connectivity index (χ3v) is 4.09. The molecule has 0 spiro atoms. The second kappa shape index (κ2) is 5.25. The summed E-state index contributed by atoms with van der Waals surface area (Å²) in [6.07, 6.45) is 0. The molecular formula is C16H14BrFO. The Hall–Kier alpha value is -1.48. The third kappa shape index (κ3) is 2.61. The summed E-state index contributed by atoms with van der Waals surface area (Å²) < 4.78 is 13.7. The van der Waals surface area contributed by atoms with Gasteiger partial charge in [0.15, 0.2) is 5.78 Å². The third-order valence-electron chi connectivity index (χ3n) is 3.28. The first-order valence-electron chi connectivity index (χ1n) is 5.98. The Bertz CT molecular complexity index is 662. The summed E-state index contributed by atoms with van der Waals surface area (Å²) in [5.41, 5.74) is 4.08. The van der Waals surface area contributed by atoms with Gasteiger partial charge in [-0.2, -0.15) is 0 Å². The number of carbonyl (C=O) groups excluding carboxylic acids is 1. The zero-order valence-electron chi connectivity index (χ0n) is 11.1. The van der Waals surface area contributed by atoms with Crippen molar-refractivity contribution in [2.75, 3.05) is 0 Å². The molecule has 3 heteroatoms. The first-order chi connectivity index (χ1) is 8.91. The van der Waals surface area contributed by atoms with E-state index in [2.05, 4.69) is 15.9 Å². The zero-order valence-corrected chi connectivity index (χ0v) is 12.6. The highest BCUT2D eigenvalue weighted by atomic mass is 79.9. The highest BCUT2D eigenvalue weighted by Gasteiger charge is 2.17. The molecule has 0 heterocycles. The molecule has 0 aliphatic rings. The van der Waals surface area contributed by atoms with Crippen LogP contribution in [0.2, 0.25) is 0 Å². The van der Waals surface area contributed by atoms with Crippen molar-refractivity contribution in [2.45, 2.75) is 20.8 Å². The number of rotatable bonds is 2.